The van der Waals surface area contributed by atoms with Crippen LogP contribution in [0.15, 0.2) is 42.5 Å². The van der Waals surface area contributed by atoms with E-state index >= 15 is 0 Å². The molecule has 1 heterocycles. The minimum absolute atomic E-state index is 0.168. The number of carbonyl (C=O) groups is 3. The van der Waals surface area contributed by atoms with Crippen LogP contribution in [-0.2, 0) is 27.2 Å². The molecule has 0 fully saturated rings. The molecule has 0 bridgehead atoms. The number of amides is 2. The number of esters is 1. The summed E-state index contributed by atoms with van der Waals surface area (Å²) in [6, 6.07) is 12.4. The first-order chi connectivity index (χ1) is 12.8. The average molecular weight is 366 g/mol. The van der Waals surface area contributed by atoms with Crippen molar-refractivity contribution >= 4 is 29.2 Å². The van der Waals surface area contributed by atoms with Gasteiger partial charge in [0, 0.05) is 24.7 Å². The summed E-state index contributed by atoms with van der Waals surface area (Å²) in [4.78, 5) is 36.2. The maximum Gasteiger partial charge on any atom is 0.339 e. The highest BCUT2D eigenvalue weighted by atomic mass is 16.6. The molecule has 140 valence electrons. The van der Waals surface area contributed by atoms with Crippen molar-refractivity contribution in [3.8, 4) is 0 Å². The van der Waals surface area contributed by atoms with Crippen LogP contribution in [0.3, 0.4) is 0 Å². The summed E-state index contributed by atoms with van der Waals surface area (Å²) < 4.78 is 5.48. The molecular formula is C21H22N2O4. The van der Waals surface area contributed by atoms with Gasteiger partial charge >= 0.3 is 5.97 Å². The van der Waals surface area contributed by atoms with Gasteiger partial charge in [-0.05, 0) is 54.8 Å². The summed E-state index contributed by atoms with van der Waals surface area (Å²) in [5, 5.41) is 5.45. The summed E-state index contributed by atoms with van der Waals surface area (Å²) in [5.74, 6) is -1.05. The van der Waals surface area contributed by atoms with E-state index < -0.39 is 17.5 Å². The lowest BCUT2D eigenvalue weighted by atomic mass is 9.88. The molecule has 0 spiro atoms. The minimum Gasteiger partial charge on any atom is -0.445 e. The maximum absolute atomic E-state index is 12.8. The summed E-state index contributed by atoms with van der Waals surface area (Å²) in [5.41, 5.74) is 2.35. The summed E-state index contributed by atoms with van der Waals surface area (Å²) in [6.07, 6.45) is 1.17. The number of hydrogen-bond donors (Lipinski definition) is 2. The predicted molar refractivity (Wildman–Crippen MR) is 103 cm³/mol. The Balaban J connectivity index is 1.77. The summed E-state index contributed by atoms with van der Waals surface area (Å²) in [6.45, 7) is 5.09. The van der Waals surface area contributed by atoms with Crippen LogP contribution in [0, 0.1) is 0 Å². The van der Waals surface area contributed by atoms with Gasteiger partial charge < -0.3 is 15.4 Å². The van der Waals surface area contributed by atoms with E-state index in [0.717, 1.165) is 17.5 Å². The van der Waals surface area contributed by atoms with Crippen molar-refractivity contribution in [1.82, 2.24) is 0 Å². The van der Waals surface area contributed by atoms with E-state index in [4.69, 9.17) is 4.74 Å². The molecule has 1 aliphatic rings. The van der Waals surface area contributed by atoms with E-state index in [1.165, 1.54) is 6.92 Å². The second-order valence-corrected chi connectivity index (χ2v) is 6.85. The molecule has 0 radical (unpaired) electrons. The van der Waals surface area contributed by atoms with Crippen molar-refractivity contribution in [3.05, 3.63) is 59.2 Å². The molecular weight excluding hydrogens is 344 g/mol. The zero-order chi connectivity index (χ0) is 19.6. The second kappa shape index (κ2) is 7.23. The van der Waals surface area contributed by atoms with Crippen LogP contribution in [-0.4, -0.2) is 23.4 Å². The fourth-order valence-electron chi connectivity index (χ4n) is 3.10. The van der Waals surface area contributed by atoms with Gasteiger partial charge in [0.1, 0.15) is 0 Å². The highest BCUT2D eigenvalue weighted by molar-refractivity contribution is 6.02. The number of carbonyl (C=O) groups excluding carboxylic acids is 3. The lowest BCUT2D eigenvalue weighted by Gasteiger charge is -2.33. The van der Waals surface area contributed by atoms with Crippen molar-refractivity contribution in [1.29, 1.82) is 0 Å². The third-order valence-electron chi connectivity index (χ3n) is 4.59. The van der Waals surface area contributed by atoms with Crippen molar-refractivity contribution in [2.24, 2.45) is 0 Å². The SMILES string of the molecule is CCc1ccc2c(c1)CC(C)(C(=O)Nc1ccc(NC(C)=O)cc1)OC2=O. The smallest absolute Gasteiger partial charge is 0.339 e. The number of benzene rings is 2. The zero-order valence-electron chi connectivity index (χ0n) is 15.6. The number of nitrogens with one attached hydrogen (secondary N) is 2. The second-order valence-electron chi connectivity index (χ2n) is 6.85. The van der Waals surface area contributed by atoms with E-state index in [9.17, 15) is 14.4 Å². The van der Waals surface area contributed by atoms with Crippen molar-refractivity contribution in [2.75, 3.05) is 10.6 Å². The Bertz CT molecular complexity index is 905. The zero-order valence-corrected chi connectivity index (χ0v) is 15.6. The maximum atomic E-state index is 12.8. The number of aryl methyl sites for hydroxylation is 1. The Kier molecular flexibility index (Phi) is 4.99. The normalized spacial score (nSPS) is 18.3. The third-order valence-corrected chi connectivity index (χ3v) is 4.59. The Morgan fingerprint density at radius 1 is 1.07 bits per heavy atom. The number of cyclic esters (lactones) is 1. The van der Waals surface area contributed by atoms with Crippen LogP contribution in [0.25, 0.3) is 0 Å². The van der Waals surface area contributed by atoms with Gasteiger partial charge in [-0.2, -0.15) is 0 Å². The summed E-state index contributed by atoms with van der Waals surface area (Å²) in [7, 11) is 0. The van der Waals surface area contributed by atoms with Gasteiger partial charge in [-0.25, -0.2) is 4.79 Å². The van der Waals surface area contributed by atoms with Crippen LogP contribution in [0.4, 0.5) is 11.4 Å². The molecule has 1 atom stereocenters. The summed E-state index contributed by atoms with van der Waals surface area (Å²) >= 11 is 0. The van der Waals surface area contributed by atoms with Crippen LogP contribution >= 0.6 is 0 Å². The lowest BCUT2D eigenvalue weighted by Crippen LogP contribution is -2.48. The molecule has 1 aliphatic heterocycles. The number of anilines is 2. The van der Waals surface area contributed by atoms with Gasteiger partial charge in [-0.15, -0.1) is 0 Å². The van der Waals surface area contributed by atoms with Crippen molar-refractivity contribution < 1.29 is 19.1 Å². The van der Waals surface area contributed by atoms with Crippen LogP contribution in [0.1, 0.15) is 42.3 Å². The Morgan fingerprint density at radius 3 is 2.30 bits per heavy atom. The lowest BCUT2D eigenvalue weighted by molar-refractivity contribution is -0.134. The molecule has 0 saturated carbocycles. The van der Waals surface area contributed by atoms with Gasteiger partial charge in [-0.3, -0.25) is 9.59 Å². The van der Waals surface area contributed by atoms with Crippen LogP contribution in [0.2, 0.25) is 0 Å². The van der Waals surface area contributed by atoms with E-state index in [1.54, 1.807) is 37.3 Å². The highest BCUT2D eigenvalue weighted by Gasteiger charge is 2.42. The molecule has 2 amide bonds. The molecule has 1 unspecified atom stereocenters. The average Bonchev–Trinajstić information content (AvgIpc) is 2.62. The van der Waals surface area contributed by atoms with Gasteiger partial charge in [0.2, 0.25) is 5.91 Å². The standard InChI is InChI=1S/C21H22N2O4/c1-4-14-5-10-18-15(11-14)12-21(3,27-19(18)25)20(26)23-17-8-6-16(7-9-17)22-13(2)24/h5-11H,4,12H2,1-3H3,(H,22,24)(H,23,26). The molecule has 0 aliphatic carbocycles. The molecule has 6 heteroatoms. The fourth-order valence-corrected chi connectivity index (χ4v) is 3.10. The van der Waals surface area contributed by atoms with E-state index in [-0.39, 0.29) is 5.91 Å². The molecule has 0 aromatic heterocycles. The Hall–Kier alpha value is -3.15. The molecule has 2 N–H and O–H groups in total. The highest BCUT2D eigenvalue weighted by Crippen LogP contribution is 2.30. The Morgan fingerprint density at radius 2 is 1.70 bits per heavy atom. The minimum atomic E-state index is -1.28. The van der Waals surface area contributed by atoms with E-state index in [0.29, 0.717) is 23.4 Å². The molecule has 2 aromatic rings. The Labute approximate surface area is 157 Å². The monoisotopic (exact) mass is 366 g/mol. The quantitative estimate of drug-likeness (QED) is 0.813. The van der Waals surface area contributed by atoms with Gasteiger partial charge in [-0.1, -0.05) is 19.1 Å². The predicted octanol–water partition coefficient (Wildman–Crippen LogP) is 3.32. The van der Waals surface area contributed by atoms with Gasteiger partial charge in [0.05, 0.1) is 5.56 Å². The molecule has 0 saturated heterocycles. The molecule has 27 heavy (non-hydrogen) atoms. The fraction of sp³-hybridized carbons (Fsp3) is 0.286. The van der Waals surface area contributed by atoms with E-state index in [1.807, 2.05) is 19.1 Å². The number of fused-ring (bicyclic) bond motifs is 1. The third kappa shape index (κ3) is 4.00. The first-order valence-corrected chi connectivity index (χ1v) is 8.85. The first-order valence-electron chi connectivity index (χ1n) is 8.85. The molecule has 2 aromatic carbocycles. The number of hydrogen-bond acceptors (Lipinski definition) is 4. The first kappa shape index (κ1) is 18.6. The van der Waals surface area contributed by atoms with Crippen molar-refractivity contribution in [2.45, 2.75) is 39.2 Å². The van der Waals surface area contributed by atoms with E-state index in [2.05, 4.69) is 10.6 Å². The topological polar surface area (TPSA) is 84.5 Å². The molecule has 3 rings (SSSR count). The van der Waals surface area contributed by atoms with Crippen LogP contribution in [0.5, 0.6) is 0 Å². The van der Waals surface area contributed by atoms with Gasteiger partial charge in [0.15, 0.2) is 5.60 Å². The van der Waals surface area contributed by atoms with Gasteiger partial charge in [0.25, 0.3) is 5.91 Å². The molecule has 6 nitrogen and oxygen atoms in total. The largest absolute Gasteiger partial charge is 0.445 e. The number of rotatable bonds is 4. The number of ether oxygens (including phenoxy) is 1. The van der Waals surface area contributed by atoms with Crippen molar-refractivity contribution in [3.63, 3.8) is 0 Å². The van der Waals surface area contributed by atoms with Crippen LogP contribution < -0.4 is 10.6 Å².